The van der Waals surface area contributed by atoms with E-state index < -0.39 is 5.60 Å². The molecule has 3 heteroatoms. The van der Waals surface area contributed by atoms with Crippen molar-refractivity contribution in [1.29, 1.82) is 0 Å². The van der Waals surface area contributed by atoms with E-state index in [0.717, 1.165) is 18.5 Å². The Morgan fingerprint density at radius 3 is 2.25 bits per heavy atom. The molecule has 1 aliphatic rings. The summed E-state index contributed by atoms with van der Waals surface area (Å²) >= 11 is 0. The zero-order valence-corrected chi connectivity index (χ0v) is 14.6. The molecule has 1 fully saturated rings. The smallest absolute Gasteiger partial charge is 0.339 e. The molecular weight excluding hydrogens is 298 g/mol. The summed E-state index contributed by atoms with van der Waals surface area (Å²) in [5.74, 6) is -0.0307. The van der Waals surface area contributed by atoms with Crippen LogP contribution in [0.4, 0.5) is 0 Å². The van der Waals surface area contributed by atoms with Crippen molar-refractivity contribution in [2.24, 2.45) is 5.92 Å². The van der Waals surface area contributed by atoms with Gasteiger partial charge in [-0.15, -0.1) is 0 Å². The lowest BCUT2D eigenvalue weighted by Crippen LogP contribution is -2.53. The largest absolute Gasteiger partial charge is 0.450 e. The van der Waals surface area contributed by atoms with E-state index in [1.165, 1.54) is 0 Å². The van der Waals surface area contributed by atoms with Gasteiger partial charge in [-0.1, -0.05) is 55.5 Å². The van der Waals surface area contributed by atoms with Crippen molar-refractivity contribution < 1.29 is 9.53 Å². The van der Waals surface area contributed by atoms with E-state index >= 15 is 0 Å². The van der Waals surface area contributed by atoms with Crippen LogP contribution in [0.15, 0.2) is 60.7 Å². The fourth-order valence-corrected chi connectivity index (χ4v) is 3.68. The van der Waals surface area contributed by atoms with Crippen LogP contribution in [0, 0.1) is 5.92 Å². The summed E-state index contributed by atoms with van der Waals surface area (Å²) in [6, 6.07) is 19.8. The first-order valence-corrected chi connectivity index (χ1v) is 8.57. The van der Waals surface area contributed by atoms with E-state index in [1.54, 1.807) is 0 Å². The van der Waals surface area contributed by atoms with Gasteiger partial charge in [-0.2, -0.15) is 0 Å². The average Bonchev–Trinajstić information content (AvgIpc) is 2.61. The number of rotatable bonds is 3. The normalized spacial score (nSPS) is 27.6. The fraction of sp³-hybridized carbons (Fsp3) is 0.381. The quantitative estimate of drug-likeness (QED) is 0.797. The summed E-state index contributed by atoms with van der Waals surface area (Å²) in [5, 5.41) is 0. The molecular formula is C21H25NO2. The second-order valence-electron chi connectivity index (χ2n) is 6.90. The van der Waals surface area contributed by atoms with Crippen LogP contribution in [0.2, 0.25) is 0 Å². The number of esters is 1. The van der Waals surface area contributed by atoms with Crippen molar-refractivity contribution in [1.82, 2.24) is 4.90 Å². The average molecular weight is 323 g/mol. The highest BCUT2D eigenvalue weighted by atomic mass is 16.6. The third-order valence-corrected chi connectivity index (χ3v) is 5.26. The summed E-state index contributed by atoms with van der Waals surface area (Å²) in [7, 11) is 2.13. The minimum absolute atomic E-state index is 0.216. The molecule has 1 heterocycles. The maximum atomic E-state index is 12.8. The zero-order valence-electron chi connectivity index (χ0n) is 14.6. The number of benzene rings is 2. The number of nitrogens with zero attached hydrogens (tertiary/aromatic N) is 1. The predicted molar refractivity (Wildman–Crippen MR) is 95.9 cm³/mol. The Bertz CT molecular complexity index is 685. The second kappa shape index (κ2) is 6.78. The Kier molecular flexibility index (Phi) is 4.72. The lowest BCUT2D eigenvalue weighted by atomic mass is 9.74. The number of likely N-dealkylation sites (tertiary alicyclic amines) is 1. The van der Waals surface area contributed by atoms with Crippen LogP contribution in [0.5, 0.6) is 0 Å². The minimum Gasteiger partial charge on any atom is -0.450 e. The molecule has 0 saturated carbocycles. The lowest BCUT2D eigenvalue weighted by molar-refractivity contribution is -0.0989. The molecule has 24 heavy (non-hydrogen) atoms. The van der Waals surface area contributed by atoms with Crippen molar-refractivity contribution in [3.05, 3.63) is 71.8 Å². The molecule has 126 valence electrons. The van der Waals surface area contributed by atoms with E-state index in [9.17, 15) is 4.79 Å². The molecule has 0 amide bonds. The molecule has 1 saturated heterocycles. The SMILES string of the molecule is C[C@@H]1C[C@@](OC(=O)c2ccccc2)(c2ccccc2)[C@@H](C)CN1C. The molecule has 3 rings (SSSR count). The molecule has 3 nitrogen and oxygen atoms in total. The predicted octanol–water partition coefficient (Wildman–Crippen LogP) is 4.10. The summed E-state index contributed by atoms with van der Waals surface area (Å²) in [6.45, 7) is 5.27. The summed E-state index contributed by atoms with van der Waals surface area (Å²) in [6.07, 6.45) is 0.799. The van der Waals surface area contributed by atoms with Crippen LogP contribution < -0.4 is 0 Å². The second-order valence-corrected chi connectivity index (χ2v) is 6.90. The molecule has 0 radical (unpaired) electrons. The van der Waals surface area contributed by atoms with Gasteiger partial charge in [0.25, 0.3) is 0 Å². The summed E-state index contributed by atoms with van der Waals surface area (Å²) in [4.78, 5) is 15.1. The topological polar surface area (TPSA) is 29.5 Å². The molecule has 0 N–H and O–H groups in total. The summed E-state index contributed by atoms with van der Waals surface area (Å²) < 4.78 is 6.22. The van der Waals surface area contributed by atoms with Crippen molar-refractivity contribution >= 4 is 5.97 Å². The molecule has 0 unspecified atom stereocenters. The highest BCUT2D eigenvalue weighted by Gasteiger charge is 2.47. The van der Waals surface area contributed by atoms with E-state index in [-0.39, 0.29) is 11.9 Å². The van der Waals surface area contributed by atoms with Gasteiger partial charge in [0, 0.05) is 24.9 Å². The monoisotopic (exact) mass is 323 g/mol. The zero-order chi connectivity index (χ0) is 17.2. The summed E-state index contributed by atoms with van der Waals surface area (Å²) in [5.41, 5.74) is 1.11. The van der Waals surface area contributed by atoms with Gasteiger partial charge in [0.2, 0.25) is 0 Å². The Labute approximate surface area is 144 Å². The van der Waals surface area contributed by atoms with Crippen LogP contribution in [-0.2, 0) is 10.3 Å². The number of ether oxygens (including phenoxy) is 1. The molecule has 1 aliphatic heterocycles. The van der Waals surface area contributed by atoms with Crippen molar-refractivity contribution in [3.8, 4) is 0 Å². The maximum absolute atomic E-state index is 12.8. The molecule has 2 aromatic rings. The van der Waals surface area contributed by atoms with E-state index in [1.807, 2.05) is 48.5 Å². The third-order valence-electron chi connectivity index (χ3n) is 5.26. The molecule has 3 atom stereocenters. The Morgan fingerprint density at radius 1 is 1.04 bits per heavy atom. The number of piperidine rings is 1. The van der Waals surface area contributed by atoms with Gasteiger partial charge in [0.05, 0.1) is 5.56 Å². The van der Waals surface area contributed by atoms with E-state index in [0.29, 0.717) is 11.6 Å². The molecule has 0 bridgehead atoms. The first-order chi connectivity index (χ1) is 11.5. The van der Waals surface area contributed by atoms with E-state index in [4.69, 9.17) is 4.74 Å². The fourth-order valence-electron chi connectivity index (χ4n) is 3.68. The van der Waals surface area contributed by atoms with Gasteiger partial charge in [0.1, 0.15) is 5.60 Å². The van der Waals surface area contributed by atoms with Crippen molar-refractivity contribution in [2.45, 2.75) is 31.9 Å². The van der Waals surface area contributed by atoms with Crippen LogP contribution in [0.25, 0.3) is 0 Å². The first-order valence-electron chi connectivity index (χ1n) is 8.57. The number of hydrogen-bond acceptors (Lipinski definition) is 3. The van der Waals surface area contributed by atoms with Crippen LogP contribution in [0.3, 0.4) is 0 Å². The van der Waals surface area contributed by atoms with Crippen LogP contribution >= 0.6 is 0 Å². The minimum atomic E-state index is -0.583. The van der Waals surface area contributed by atoms with Gasteiger partial charge in [0.15, 0.2) is 0 Å². The Balaban J connectivity index is 1.98. The van der Waals surface area contributed by atoms with Crippen LogP contribution in [-0.4, -0.2) is 30.5 Å². The molecule has 0 aliphatic carbocycles. The Hall–Kier alpha value is -2.13. The highest BCUT2D eigenvalue weighted by Crippen LogP contribution is 2.43. The van der Waals surface area contributed by atoms with Gasteiger partial charge >= 0.3 is 5.97 Å². The van der Waals surface area contributed by atoms with Gasteiger partial charge in [-0.3, -0.25) is 0 Å². The third kappa shape index (κ3) is 3.09. The number of carbonyl (C=O) groups excluding carboxylic acids is 1. The first kappa shape index (κ1) is 16.7. The molecule has 0 aromatic heterocycles. The van der Waals surface area contributed by atoms with Crippen molar-refractivity contribution in [2.75, 3.05) is 13.6 Å². The van der Waals surface area contributed by atoms with Gasteiger partial charge < -0.3 is 9.64 Å². The lowest BCUT2D eigenvalue weighted by Gasteiger charge is -2.48. The van der Waals surface area contributed by atoms with Gasteiger partial charge in [-0.05, 0) is 31.7 Å². The molecule has 0 spiro atoms. The number of carbonyl (C=O) groups is 1. The Morgan fingerprint density at radius 2 is 1.62 bits per heavy atom. The molecule has 2 aromatic carbocycles. The van der Waals surface area contributed by atoms with Crippen molar-refractivity contribution in [3.63, 3.8) is 0 Å². The van der Waals surface area contributed by atoms with Crippen LogP contribution in [0.1, 0.15) is 36.2 Å². The van der Waals surface area contributed by atoms with Gasteiger partial charge in [-0.25, -0.2) is 4.79 Å². The highest BCUT2D eigenvalue weighted by molar-refractivity contribution is 5.89. The standard InChI is InChI=1S/C21H25NO2/c1-16-15-22(3)17(2)14-21(16,19-12-8-5-9-13-19)24-20(23)18-10-6-4-7-11-18/h4-13,16-17H,14-15H2,1-3H3/t16-,17+,21-/m0/s1. The van der Waals surface area contributed by atoms with E-state index in [2.05, 4.69) is 37.9 Å². The number of hydrogen-bond donors (Lipinski definition) is 0. The maximum Gasteiger partial charge on any atom is 0.339 e.